The first-order valence-corrected chi connectivity index (χ1v) is 10.6. The number of ether oxygens (including phenoxy) is 1. The molecule has 3 rings (SSSR count). The predicted molar refractivity (Wildman–Crippen MR) is 117 cm³/mol. The van der Waals surface area contributed by atoms with Crippen LogP contribution in [0.25, 0.3) is 0 Å². The molecule has 0 spiro atoms. The Morgan fingerprint density at radius 1 is 1.35 bits per heavy atom. The van der Waals surface area contributed by atoms with Gasteiger partial charge in [-0.2, -0.15) is 0 Å². The smallest absolute Gasteiger partial charge is 0.335 e. The maximum Gasteiger partial charge on any atom is 0.335 e. The molecule has 0 radical (unpaired) electrons. The van der Waals surface area contributed by atoms with Gasteiger partial charge in [-0.25, -0.2) is 14.8 Å². The number of hydrogen-bond acceptors (Lipinski definition) is 12. The summed E-state index contributed by atoms with van der Waals surface area (Å²) in [5.74, 6) is -2.01. The van der Waals surface area contributed by atoms with E-state index in [1.54, 1.807) is 6.92 Å². The summed E-state index contributed by atoms with van der Waals surface area (Å²) in [5.41, 5.74) is 6.10. The van der Waals surface area contributed by atoms with Crippen molar-refractivity contribution in [3.63, 3.8) is 0 Å². The van der Waals surface area contributed by atoms with Gasteiger partial charge in [0.05, 0.1) is 11.0 Å². The van der Waals surface area contributed by atoms with Crippen LogP contribution in [0, 0.1) is 10.1 Å². The lowest BCUT2D eigenvalue weighted by Gasteiger charge is -2.43. The number of nitrogens with two attached hydrogens (primary N) is 1. The lowest BCUT2D eigenvalue weighted by atomic mass is 10.00. The highest BCUT2D eigenvalue weighted by Gasteiger charge is 2.47. The third-order valence-corrected chi connectivity index (χ3v) is 5.33. The van der Waals surface area contributed by atoms with Crippen molar-refractivity contribution in [3.05, 3.63) is 51.0 Å². The third-order valence-electron chi connectivity index (χ3n) is 4.65. The fraction of sp³-hybridized carbons (Fsp3) is 0.316. The molecule has 0 unspecified atom stereocenters. The lowest BCUT2D eigenvalue weighted by Crippen LogP contribution is -2.70. The van der Waals surface area contributed by atoms with Gasteiger partial charge in [0.2, 0.25) is 0 Å². The molecule has 1 aliphatic rings. The molecule has 15 heteroatoms. The van der Waals surface area contributed by atoms with E-state index in [0.717, 1.165) is 16.4 Å². The van der Waals surface area contributed by atoms with Crippen molar-refractivity contribution in [3.8, 4) is 0 Å². The van der Waals surface area contributed by atoms with Crippen LogP contribution in [-0.4, -0.2) is 64.3 Å². The summed E-state index contributed by atoms with van der Waals surface area (Å²) in [4.78, 5) is 60.8. The summed E-state index contributed by atoms with van der Waals surface area (Å²) in [6.07, 6.45) is 0. The molecule has 0 saturated carbocycles. The Balaban J connectivity index is 1.46. The number of aromatic nitrogens is 1. The highest BCUT2D eigenvalue weighted by Crippen LogP contribution is 2.21. The molecule has 1 aromatic carbocycles. The van der Waals surface area contributed by atoms with Crippen LogP contribution in [0.5, 0.6) is 0 Å². The van der Waals surface area contributed by atoms with Crippen LogP contribution in [0.15, 0.2) is 34.8 Å². The van der Waals surface area contributed by atoms with Gasteiger partial charge >= 0.3 is 5.97 Å². The molecular formula is C19H20N6O8S. The van der Waals surface area contributed by atoms with Gasteiger partial charge in [-0.15, -0.1) is 11.3 Å². The van der Waals surface area contributed by atoms with Crippen LogP contribution in [0.1, 0.15) is 18.2 Å². The van der Waals surface area contributed by atoms with Gasteiger partial charge in [-0.3, -0.25) is 24.5 Å². The minimum Gasteiger partial charge on any atom is -0.459 e. The lowest BCUT2D eigenvalue weighted by molar-refractivity contribution is -0.384. The fourth-order valence-electron chi connectivity index (χ4n) is 2.90. The Bertz CT molecular complexity index is 1120. The van der Waals surface area contributed by atoms with Crippen LogP contribution in [-0.2, 0) is 35.4 Å². The number of non-ortho nitro benzene ring substituents is 1. The molecule has 34 heavy (non-hydrogen) atoms. The Labute approximate surface area is 196 Å². The molecule has 1 aromatic heterocycles. The number of anilines is 1. The first-order valence-electron chi connectivity index (χ1n) is 9.69. The van der Waals surface area contributed by atoms with Gasteiger partial charge in [0.15, 0.2) is 17.5 Å². The molecule has 2 atom stereocenters. The van der Waals surface area contributed by atoms with Crippen molar-refractivity contribution in [2.24, 2.45) is 5.16 Å². The Morgan fingerprint density at radius 3 is 2.62 bits per heavy atom. The van der Waals surface area contributed by atoms with E-state index in [2.05, 4.69) is 20.3 Å². The first-order chi connectivity index (χ1) is 16.2. The number of carbonyl (C=O) groups excluding carboxylic acids is 3. The number of esters is 1. The summed E-state index contributed by atoms with van der Waals surface area (Å²) in [6.45, 7) is 0.950. The highest BCUT2D eigenvalue weighted by molar-refractivity contribution is 7.13. The number of nitro benzene ring substituents is 1. The van der Waals surface area contributed by atoms with E-state index in [9.17, 15) is 24.5 Å². The molecule has 2 amide bonds. The van der Waals surface area contributed by atoms with Crippen molar-refractivity contribution in [2.75, 3.05) is 19.5 Å². The van der Waals surface area contributed by atoms with Gasteiger partial charge in [0.25, 0.3) is 17.5 Å². The third kappa shape index (κ3) is 5.62. The molecular weight excluding hydrogens is 472 g/mol. The van der Waals surface area contributed by atoms with E-state index in [-0.39, 0.29) is 28.8 Å². The number of nitro groups is 1. The number of nitrogen functional groups attached to an aromatic ring is 1. The molecule has 0 aliphatic carbocycles. The van der Waals surface area contributed by atoms with Gasteiger partial charge in [-0.1, -0.05) is 5.16 Å². The molecule has 14 nitrogen and oxygen atoms in total. The quantitative estimate of drug-likeness (QED) is 0.154. The second-order valence-electron chi connectivity index (χ2n) is 6.91. The number of nitrogens with one attached hydrogen (secondary N) is 1. The van der Waals surface area contributed by atoms with Crippen LogP contribution < -0.4 is 11.1 Å². The average molecular weight is 492 g/mol. The summed E-state index contributed by atoms with van der Waals surface area (Å²) in [5, 5.41) is 19.5. The van der Waals surface area contributed by atoms with Gasteiger partial charge in [0.1, 0.15) is 25.5 Å². The second-order valence-corrected chi connectivity index (χ2v) is 7.80. The Kier molecular flexibility index (Phi) is 7.70. The number of thiazole rings is 1. The van der Waals surface area contributed by atoms with E-state index in [1.165, 1.54) is 36.8 Å². The van der Waals surface area contributed by atoms with Crippen LogP contribution in [0.2, 0.25) is 0 Å². The molecule has 0 bridgehead atoms. The largest absolute Gasteiger partial charge is 0.459 e. The molecule has 2 heterocycles. The molecule has 180 valence electrons. The number of carbonyl (C=O) groups is 3. The molecule has 1 aliphatic heterocycles. The molecule has 2 aromatic rings. The summed E-state index contributed by atoms with van der Waals surface area (Å²) < 4.78 is 5.03. The second kappa shape index (κ2) is 10.7. The number of hydroxylamine groups is 2. The van der Waals surface area contributed by atoms with Crippen LogP contribution in [0.4, 0.5) is 10.8 Å². The fourth-order valence-corrected chi connectivity index (χ4v) is 3.45. The van der Waals surface area contributed by atoms with E-state index < -0.39 is 41.4 Å². The van der Waals surface area contributed by atoms with Crippen molar-refractivity contribution >= 4 is 45.7 Å². The van der Waals surface area contributed by atoms with Gasteiger partial charge in [-0.05, 0) is 24.6 Å². The summed E-state index contributed by atoms with van der Waals surface area (Å²) >= 11 is 1.11. The minimum absolute atomic E-state index is 0.0818. The first kappa shape index (κ1) is 24.5. The maximum atomic E-state index is 12.6. The monoisotopic (exact) mass is 492 g/mol. The normalized spacial score (nSPS) is 17.6. The zero-order valence-electron chi connectivity index (χ0n) is 18.0. The SMILES string of the molecule is CO/N=C(\C(=O)N[C@@H]1C(=O)N(OCC(=O)OCc2ccc([N+](=O)[O-])cc2)[C@H]1C)c1csc(N)n1. The number of amides is 2. The van der Waals surface area contributed by atoms with Crippen molar-refractivity contribution in [2.45, 2.75) is 25.6 Å². The Morgan fingerprint density at radius 2 is 2.06 bits per heavy atom. The average Bonchev–Trinajstić information content (AvgIpc) is 3.25. The zero-order chi connectivity index (χ0) is 24.8. The van der Waals surface area contributed by atoms with E-state index in [0.29, 0.717) is 5.56 Å². The Hall–Kier alpha value is -4.11. The topological polar surface area (TPSA) is 189 Å². The number of benzene rings is 1. The molecule has 1 saturated heterocycles. The molecule has 3 N–H and O–H groups in total. The summed E-state index contributed by atoms with van der Waals surface area (Å²) in [7, 11) is 1.26. The van der Waals surface area contributed by atoms with Crippen LogP contribution >= 0.6 is 11.3 Å². The number of oxime groups is 1. The number of β-lactam (4-membered cyclic amide) rings is 1. The minimum atomic E-state index is -0.915. The van der Waals surface area contributed by atoms with Crippen molar-refractivity contribution in [1.29, 1.82) is 0 Å². The summed E-state index contributed by atoms with van der Waals surface area (Å²) in [6, 6.07) is 4.01. The van der Waals surface area contributed by atoms with Crippen molar-refractivity contribution < 1.29 is 33.7 Å². The van der Waals surface area contributed by atoms with Gasteiger partial charge < -0.3 is 20.6 Å². The van der Waals surface area contributed by atoms with E-state index in [4.69, 9.17) is 15.3 Å². The van der Waals surface area contributed by atoms with Crippen LogP contribution in [0.3, 0.4) is 0 Å². The molecule has 1 fully saturated rings. The predicted octanol–water partition coefficient (Wildman–Crippen LogP) is 0.375. The van der Waals surface area contributed by atoms with E-state index >= 15 is 0 Å². The van der Waals surface area contributed by atoms with Crippen molar-refractivity contribution in [1.82, 2.24) is 15.4 Å². The standard InChI is InChI=1S/C19H20N6O8S/c1-10-15(22-17(27)16(23-31-2)13-9-34-19(20)21-13)18(28)24(10)33-8-14(26)32-7-11-3-5-12(6-4-11)25(29)30/h3-6,9-10,15H,7-8H2,1-2H3,(H2,20,21)(H,22,27)/b23-16-/t10-,15-/m0/s1. The number of rotatable bonds is 10. The maximum absolute atomic E-state index is 12.6. The number of hydrogen-bond donors (Lipinski definition) is 2. The number of nitrogens with zero attached hydrogens (tertiary/aromatic N) is 4. The van der Waals surface area contributed by atoms with E-state index in [1.807, 2.05) is 0 Å². The highest BCUT2D eigenvalue weighted by atomic mass is 32.1. The van der Waals surface area contributed by atoms with Gasteiger partial charge in [0, 0.05) is 17.5 Å². The zero-order valence-corrected chi connectivity index (χ0v) is 18.8.